The fourth-order valence-corrected chi connectivity index (χ4v) is 1.37. The molecule has 0 atom stereocenters. The number of rotatable bonds is 3. The smallest absolute Gasteiger partial charge is 0.307 e. The minimum Gasteiger partial charge on any atom is -0.481 e. The zero-order valence-electron chi connectivity index (χ0n) is 7.26. The Bertz CT molecular complexity index is 444. The number of carboxylic acid groups (broad SMARTS) is 1. The molecule has 15 heavy (non-hydrogen) atoms. The maximum atomic E-state index is 12.4. The molecule has 0 unspecified atom stereocenters. The largest absolute Gasteiger partial charge is 0.481 e. The summed E-state index contributed by atoms with van der Waals surface area (Å²) in [6.07, 6.45) is -3.59. The molecule has 1 heterocycles. The van der Waals surface area contributed by atoms with Crippen molar-refractivity contribution >= 4 is 17.6 Å². The number of carbonyl (C=O) groups is 1. The Balaban J connectivity index is 3.33. The lowest BCUT2D eigenvalue weighted by Crippen LogP contribution is -2.13. The van der Waals surface area contributed by atoms with E-state index in [0.29, 0.717) is 6.07 Å². The normalized spacial score (nSPS) is 10.7. The fraction of sp³-hybridized carbons (Fsp3) is 0.250. The molecule has 1 aromatic rings. The summed E-state index contributed by atoms with van der Waals surface area (Å²) in [4.78, 5) is 23.3. The highest BCUT2D eigenvalue weighted by atomic mass is 35.5. The third-order valence-electron chi connectivity index (χ3n) is 1.70. The molecule has 0 aliphatic carbocycles. The fourth-order valence-electron chi connectivity index (χ4n) is 1.10. The van der Waals surface area contributed by atoms with Crippen LogP contribution in [0, 0.1) is 0 Å². The molecule has 0 aliphatic rings. The van der Waals surface area contributed by atoms with Gasteiger partial charge in [0.15, 0.2) is 0 Å². The van der Waals surface area contributed by atoms with Crippen LogP contribution >= 0.6 is 11.6 Å². The quantitative estimate of drug-likeness (QED) is 0.785. The summed E-state index contributed by atoms with van der Waals surface area (Å²) in [5.74, 6) is -1.30. The highest BCUT2D eigenvalue weighted by Crippen LogP contribution is 2.25. The Kier molecular flexibility index (Phi) is 3.41. The number of carboxylic acids is 1. The summed E-state index contributed by atoms with van der Waals surface area (Å²) in [5, 5.41) is 8.11. The van der Waals surface area contributed by atoms with Gasteiger partial charge < -0.3 is 10.1 Å². The highest BCUT2D eigenvalue weighted by Gasteiger charge is 2.19. The second kappa shape index (κ2) is 4.39. The van der Waals surface area contributed by atoms with Crippen LogP contribution in [0.15, 0.2) is 10.9 Å². The summed E-state index contributed by atoms with van der Waals surface area (Å²) in [5.41, 5.74) is -1.70. The van der Waals surface area contributed by atoms with E-state index in [-0.39, 0.29) is 10.7 Å². The minimum absolute atomic E-state index is 0.265. The van der Waals surface area contributed by atoms with Gasteiger partial charge in [-0.05, 0) is 0 Å². The number of hydrogen-bond donors (Lipinski definition) is 2. The molecule has 0 spiro atoms. The van der Waals surface area contributed by atoms with Crippen LogP contribution in [0.1, 0.15) is 17.6 Å². The van der Waals surface area contributed by atoms with Crippen molar-refractivity contribution in [3.63, 3.8) is 0 Å². The maximum absolute atomic E-state index is 12.4. The predicted molar refractivity (Wildman–Crippen MR) is 48.4 cm³/mol. The molecule has 1 rings (SSSR count). The van der Waals surface area contributed by atoms with Crippen molar-refractivity contribution in [3.8, 4) is 0 Å². The molecule has 0 saturated carbocycles. The van der Waals surface area contributed by atoms with Crippen molar-refractivity contribution < 1.29 is 18.7 Å². The third-order valence-corrected chi connectivity index (χ3v) is 2.02. The Morgan fingerprint density at radius 3 is 2.67 bits per heavy atom. The van der Waals surface area contributed by atoms with Crippen molar-refractivity contribution in [2.75, 3.05) is 0 Å². The summed E-state index contributed by atoms with van der Waals surface area (Å²) in [7, 11) is 0. The monoisotopic (exact) mass is 237 g/mol. The van der Waals surface area contributed by atoms with E-state index in [0.717, 1.165) is 0 Å². The number of hydrogen-bond acceptors (Lipinski definition) is 2. The average Bonchev–Trinajstić information content (AvgIpc) is 2.08. The Labute approximate surface area is 87.5 Å². The van der Waals surface area contributed by atoms with Crippen LogP contribution in [-0.2, 0) is 11.2 Å². The molecule has 0 bridgehead atoms. The number of aliphatic carboxylic acids is 1. The summed E-state index contributed by atoms with van der Waals surface area (Å²) in [6.45, 7) is 0. The maximum Gasteiger partial charge on any atom is 0.307 e. The van der Waals surface area contributed by atoms with Gasteiger partial charge in [-0.15, -0.1) is 0 Å². The topological polar surface area (TPSA) is 70.2 Å². The van der Waals surface area contributed by atoms with E-state index in [1.807, 2.05) is 0 Å². The summed E-state index contributed by atoms with van der Waals surface area (Å²) < 4.78 is 24.9. The van der Waals surface area contributed by atoms with Crippen molar-refractivity contribution in [2.45, 2.75) is 12.8 Å². The number of aromatic nitrogens is 1. The zero-order valence-corrected chi connectivity index (χ0v) is 8.02. The number of nitrogens with one attached hydrogen (secondary N) is 1. The molecule has 0 amide bonds. The average molecular weight is 238 g/mol. The van der Waals surface area contributed by atoms with E-state index in [1.165, 1.54) is 0 Å². The Morgan fingerprint density at radius 1 is 1.60 bits per heavy atom. The molecule has 82 valence electrons. The van der Waals surface area contributed by atoms with Gasteiger partial charge in [-0.2, -0.15) is 0 Å². The second-order valence-electron chi connectivity index (χ2n) is 2.75. The van der Waals surface area contributed by atoms with Crippen LogP contribution in [-0.4, -0.2) is 16.1 Å². The number of H-pyrrole nitrogens is 1. The van der Waals surface area contributed by atoms with E-state index in [2.05, 4.69) is 4.98 Å². The van der Waals surface area contributed by atoms with Crippen LogP contribution in [0.5, 0.6) is 0 Å². The molecule has 2 N–H and O–H groups in total. The number of halogens is 3. The summed E-state index contributed by atoms with van der Waals surface area (Å²) >= 11 is 5.47. The van der Waals surface area contributed by atoms with Crippen LogP contribution in [0.3, 0.4) is 0 Å². The first-order valence-corrected chi connectivity index (χ1v) is 4.21. The van der Waals surface area contributed by atoms with Crippen molar-refractivity contribution in [2.24, 2.45) is 0 Å². The lowest BCUT2D eigenvalue weighted by Gasteiger charge is -2.07. The Morgan fingerprint density at radius 2 is 2.20 bits per heavy atom. The predicted octanol–water partition coefficient (Wildman–Crippen LogP) is 1.59. The van der Waals surface area contributed by atoms with E-state index in [9.17, 15) is 18.4 Å². The molecule has 0 aliphatic heterocycles. The van der Waals surface area contributed by atoms with Gasteiger partial charge in [0.25, 0.3) is 6.43 Å². The van der Waals surface area contributed by atoms with Gasteiger partial charge in [0.2, 0.25) is 5.56 Å². The van der Waals surface area contributed by atoms with Crippen molar-refractivity contribution in [3.05, 3.63) is 32.7 Å². The molecular weight excluding hydrogens is 232 g/mol. The molecule has 0 saturated heterocycles. The molecule has 4 nitrogen and oxygen atoms in total. The molecule has 0 radical (unpaired) electrons. The van der Waals surface area contributed by atoms with E-state index in [4.69, 9.17) is 16.7 Å². The van der Waals surface area contributed by atoms with Crippen LogP contribution < -0.4 is 5.56 Å². The van der Waals surface area contributed by atoms with Crippen molar-refractivity contribution in [1.29, 1.82) is 0 Å². The Hall–Kier alpha value is -1.43. The van der Waals surface area contributed by atoms with Gasteiger partial charge in [0, 0.05) is 17.2 Å². The van der Waals surface area contributed by atoms with Crippen molar-refractivity contribution in [1.82, 2.24) is 4.98 Å². The second-order valence-corrected chi connectivity index (χ2v) is 3.13. The first-order chi connectivity index (χ1) is 6.91. The summed E-state index contributed by atoms with van der Waals surface area (Å²) in [6, 6.07) is 0.648. The molecule has 0 fully saturated rings. The van der Waals surface area contributed by atoms with Gasteiger partial charge in [-0.1, -0.05) is 11.6 Å². The van der Waals surface area contributed by atoms with Crippen LogP contribution in [0.4, 0.5) is 8.78 Å². The van der Waals surface area contributed by atoms with Gasteiger partial charge in [-0.3, -0.25) is 9.59 Å². The standard InChI is InChI=1S/C8H6ClF2NO3/c9-7-3(2-6(14)15)4(8(10)11)1-5(13)12-7/h1,8H,2H2,(H,12,13)(H,14,15). The molecular formula is C8H6ClF2NO3. The number of pyridine rings is 1. The van der Waals surface area contributed by atoms with Crippen LogP contribution in [0.25, 0.3) is 0 Å². The lowest BCUT2D eigenvalue weighted by atomic mass is 10.1. The van der Waals surface area contributed by atoms with Gasteiger partial charge in [0.05, 0.1) is 6.42 Å². The number of aromatic amines is 1. The minimum atomic E-state index is -2.93. The van der Waals surface area contributed by atoms with E-state index >= 15 is 0 Å². The van der Waals surface area contributed by atoms with Crippen LogP contribution in [0.2, 0.25) is 5.15 Å². The van der Waals surface area contributed by atoms with Gasteiger partial charge in [-0.25, -0.2) is 8.78 Å². The first-order valence-electron chi connectivity index (χ1n) is 3.83. The van der Waals surface area contributed by atoms with E-state index in [1.54, 1.807) is 0 Å². The lowest BCUT2D eigenvalue weighted by molar-refractivity contribution is -0.136. The molecule has 1 aromatic heterocycles. The highest BCUT2D eigenvalue weighted by molar-refractivity contribution is 6.30. The SMILES string of the molecule is O=C(O)Cc1c(C(F)F)cc(=O)[nH]c1Cl. The van der Waals surface area contributed by atoms with Gasteiger partial charge in [0.1, 0.15) is 5.15 Å². The first kappa shape index (κ1) is 11.6. The molecule has 0 aromatic carbocycles. The van der Waals surface area contributed by atoms with Gasteiger partial charge >= 0.3 is 5.97 Å². The zero-order chi connectivity index (χ0) is 11.6. The third kappa shape index (κ3) is 2.76. The number of alkyl halides is 2. The molecule has 7 heteroatoms. The van der Waals surface area contributed by atoms with E-state index < -0.39 is 29.9 Å².